The molecule has 1 fully saturated rings. The molecule has 3 nitrogen and oxygen atoms in total. The summed E-state index contributed by atoms with van der Waals surface area (Å²) in [6, 6.07) is 4.85. The molecule has 1 heterocycles. The van der Waals surface area contributed by atoms with Gasteiger partial charge in [-0.3, -0.25) is 4.79 Å². The highest BCUT2D eigenvalue weighted by atomic mass is 79.9. The topological polar surface area (TPSA) is 49.3 Å². The second-order valence-corrected chi connectivity index (χ2v) is 6.11. The van der Waals surface area contributed by atoms with Crippen molar-refractivity contribution >= 4 is 33.6 Å². The number of hydrogen-bond acceptors (Lipinski definition) is 3. The molecule has 1 aromatic carbocycles. The number of benzene rings is 1. The van der Waals surface area contributed by atoms with Crippen LogP contribution in [0.4, 0.5) is 0 Å². The molecule has 2 N–H and O–H groups in total. The minimum atomic E-state index is -0.121. The monoisotopic (exact) mass is 315 g/mol. The molecule has 0 spiro atoms. The number of thioether (sulfide) groups is 1. The van der Waals surface area contributed by atoms with Crippen LogP contribution in [0.2, 0.25) is 0 Å². The van der Waals surface area contributed by atoms with Crippen LogP contribution >= 0.6 is 27.7 Å². The zero-order valence-corrected chi connectivity index (χ0v) is 11.7. The number of nitrogens with one attached hydrogen (secondary N) is 1. The van der Waals surface area contributed by atoms with Gasteiger partial charge in [-0.05, 0) is 58.0 Å². The Morgan fingerprint density at radius 3 is 3.06 bits per heavy atom. The van der Waals surface area contributed by atoms with E-state index >= 15 is 0 Å². The van der Waals surface area contributed by atoms with Crippen molar-refractivity contribution < 1.29 is 9.90 Å². The van der Waals surface area contributed by atoms with Crippen LogP contribution in [0.5, 0.6) is 5.75 Å². The van der Waals surface area contributed by atoms with Crippen molar-refractivity contribution in [3.8, 4) is 5.75 Å². The molecule has 0 aromatic heterocycles. The summed E-state index contributed by atoms with van der Waals surface area (Å²) in [5, 5.41) is 12.4. The van der Waals surface area contributed by atoms with E-state index in [0.29, 0.717) is 16.0 Å². The molecular formula is C12H14BrNO2S. The van der Waals surface area contributed by atoms with Crippen LogP contribution in [-0.2, 0) is 0 Å². The van der Waals surface area contributed by atoms with Gasteiger partial charge in [-0.2, -0.15) is 11.8 Å². The molecule has 1 aliphatic rings. The molecule has 17 heavy (non-hydrogen) atoms. The van der Waals surface area contributed by atoms with E-state index in [-0.39, 0.29) is 11.7 Å². The van der Waals surface area contributed by atoms with E-state index in [1.807, 2.05) is 11.8 Å². The van der Waals surface area contributed by atoms with Gasteiger partial charge in [0.15, 0.2) is 0 Å². The maximum Gasteiger partial charge on any atom is 0.251 e. The van der Waals surface area contributed by atoms with Crippen LogP contribution in [-0.4, -0.2) is 29.1 Å². The summed E-state index contributed by atoms with van der Waals surface area (Å²) in [6.45, 7) is 0.725. The summed E-state index contributed by atoms with van der Waals surface area (Å²) in [5.74, 6) is 2.89. The number of aromatic hydroxyl groups is 1. The highest BCUT2D eigenvalue weighted by Crippen LogP contribution is 2.25. The van der Waals surface area contributed by atoms with Crippen LogP contribution < -0.4 is 5.32 Å². The van der Waals surface area contributed by atoms with Gasteiger partial charge in [-0.1, -0.05) is 0 Å². The summed E-state index contributed by atoms with van der Waals surface area (Å²) < 4.78 is 0.598. The van der Waals surface area contributed by atoms with E-state index in [2.05, 4.69) is 21.2 Å². The molecular weight excluding hydrogens is 302 g/mol. The first kappa shape index (κ1) is 12.8. The largest absolute Gasteiger partial charge is 0.507 e. The third kappa shape index (κ3) is 3.39. The number of carbonyl (C=O) groups is 1. The lowest BCUT2D eigenvalue weighted by Crippen LogP contribution is -2.29. The standard InChI is InChI=1S/C12H14BrNO2S/c13-10-2-1-9(5-11(10)15)12(16)14-6-8-3-4-17-7-8/h1-2,5,8,15H,3-4,6-7H2,(H,14,16). The zero-order chi connectivity index (χ0) is 12.3. The van der Waals surface area contributed by atoms with Crippen molar-refractivity contribution in [2.24, 2.45) is 5.92 Å². The van der Waals surface area contributed by atoms with Crippen LogP contribution in [0.25, 0.3) is 0 Å². The Kier molecular flexibility index (Phi) is 4.34. The van der Waals surface area contributed by atoms with Crippen molar-refractivity contribution in [2.45, 2.75) is 6.42 Å². The van der Waals surface area contributed by atoms with E-state index in [0.717, 1.165) is 12.3 Å². The minimum absolute atomic E-state index is 0.0917. The molecule has 0 bridgehead atoms. The Hall–Kier alpha value is -0.680. The van der Waals surface area contributed by atoms with Crippen molar-refractivity contribution in [1.82, 2.24) is 5.32 Å². The molecule has 0 radical (unpaired) electrons. The van der Waals surface area contributed by atoms with Crippen molar-refractivity contribution in [1.29, 1.82) is 0 Å². The van der Waals surface area contributed by atoms with Gasteiger partial charge in [0.05, 0.1) is 4.47 Å². The molecule has 1 unspecified atom stereocenters. The molecule has 0 aliphatic carbocycles. The number of hydrogen-bond donors (Lipinski definition) is 2. The predicted molar refractivity (Wildman–Crippen MR) is 73.6 cm³/mol. The lowest BCUT2D eigenvalue weighted by Gasteiger charge is -2.10. The van der Waals surface area contributed by atoms with Crippen molar-refractivity contribution in [2.75, 3.05) is 18.1 Å². The number of phenolic OH excluding ortho intramolecular Hbond substituents is 1. The van der Waals surface area contributed by atoms with Crippen LogP contribution in [0.1, 0.15) is 16.8 Å². The lowest BCUT2D eigenvalue weighted by molar-refractivity contribution is 0.0948. The molecule has 1 amide bonds. The summed E-state index contributed by atoms with van der Waals surface area (Å²) in [7, 11) is 0. The van der Waals surface area contributed by atoms with E-state index in [9.17, 15) is 9.90 Å². The number of amides is 1. The van der Waals surface area contributed by atoms with E-state index in [4.69, 9.17) is 0 Å². The molecule has 1 atom stereocenters. The SMILES string of the molecule is O=C(NCC1CCSC1)c1ccc(Br)c(O)c1. The highest BCUT2D eigenvalue weighted by Gasteiger charge is 2.16. The summed E-state index contributed by atoms with van der Waals surface area (Å²) >= 11 is 5.12. The van der Waals surface area contributed by atoms with E-state index < -0.39 is 0 Å². The van der Waals surface area contributed by atoms with Gasteiger partial charge in [0.2, 0.25) is 0 Å². The number of rotatable bonds is 3. The number of phenols is 1. The fourth-order valence-corrected chi connectivity index (χ4v) is 3.27. The van der Waals surface area contributed by atoms with Gasteiger partial charge in [0.1, 0.15) is 5.75 Å². The maximum atomic E-state index is 11.8. The third-order valence-electron chi connectivity index (χ3n) is 2.78. The van der Waals surface area contributed by atoms with Crippen LogP contribution in [0.3, 0.4) is 0 Å². The Balaban J connectivity index is 1.92. The molecule has 0 saturated carbocycles. The second kappa shape index (κ2) is 5.78. The Morgan fingerprint density at radius 1 is 1.59 bits per heavy atom. The predicted octanol–water partition coefficient (Wildman–Crippen LogP) is 2.64. The van der Waals surface area contributed by atoms with Gasteiger partial charge in [-0.25, -0.2) is 0 Å². The smallest absolute Gasteiger partial charge is 0.251 e. The first-order valence-corrected chi connectivity index (χ1v) is 7.46. The number of carbonyl (C=O) groups excluding carboxylic acids is 1. The van der Waals surface area contributed by atoms with Crippen molar-refractivity contribution in [3.63, 3.8) is 0 Å². The third-order valence-corrected chi connectivity index (χ3v) is 4.69. The van der Waals surface area contributed by atoms with E-state index in [1.165, 1.54) is 18.2 Å². The van der Waals surface area contributed by atoms with Gasteiger partial charge < -0.3 is 10.4 Å². The molecule has 1 saturated heterocycles. The molecule has 92 valence electrons. The fraction of sp³-hybridized carbons (Fsp3) is 0.417. The van der Waals surface area contributed by atoms with Crippen LogP contribution in [0.15, 0.2) is 22.7 Å². The normalized spacial score (nSPS) is 19.2. The highest BCUT2D eigenvalue weighted by molar-refractivity contribution is 9.10. The Bertz CT molecular complexity index is 419. The summed E-state index contributed by atoms with van der Waals surface area (Å²) in [6.07, 6.45) is 1.18. The number of halogens is 1. The Labute approximate surface area is 113 Å². The quantitative estimate of drug-likeness (QED) is 0.901. The van der Waals surface area contributed by atoms with Gasteiger partial charge in [-0.15, -0.1) is 0 Å². The lowest BCUT2D eigenvalue weighted by atomic mass is 10.1. The van der Waals surface area contributed by atoms with E-state index in [1.54, 1.807) is 12.1 Å². The van der Waals surface area contributed by atoms with Gasteiger partial charge in [0.25, 0.3) is 5.91 Å². The average molecular weight is 316 g/mol. The fourth-order valence-electron chi connectivity index (χ4n) is 1.74. The summed E-state index contributed by atoms with van der Waals surface area (Å²) in [4.78, 5) is 11.8. The van der Waals surface area contributed by atoms with Crippen molar-refractivity contribution in [3.05, 3.63) is 28.2 Å². The van der Waals surface area contributed by atoms with Gasteiger partial charge in [0, 0.05) is 12.1 Å². The first-order valence-electron chi connectivity index (χ1n) is 5.51. The first-order chi connectivity index (χ1) is 8.16. The zero-order valence-electron chi connectivity index (χ0n) is 9.28. The van der Waals surface area contributed by atoms with Gasteiger partial charge >= 0.3 is 0 Å². The average Bonchev–Trinajstić information content (AvgIpc) is 2.82. The maximum absolute atomic E-state index is 11.8. The minimum Gasteiger partial charge on any atom is -0.507 e. The van der Waals surface area contributed by atoms with Crippen LogP contribution in [0, 0.1) is 5.92 Å². The molecule has 1 aliphatic heterocycles. The molecule has 2 rings (SSSR count). The molecule has 1 aromatic rings. The summed E-state index contributed by atoms with van der Waals surface area (Å²) in [5.41, 5.74) is 0.497. The Morgan fingerprint density at radius 2 is 2.41 bits per heavy atom. The molecule has 5 heteroatoms. The second-order valence-electron chi connectivity index (χ2n) is 4.11.